The molecule has 0 aliphatic heterocycles. The Morgan fingerprint density at radius 1 is 1.29 bits per heavy atom. The van der Waals surface area contributed by atoms with Crippen molar-refractivity contribution in [2.24, 2.45) is 0 Å². The lowest BCUT2D eigenvalue weighted by atomic mass is 10.3. The van der Waals surface area contributed by atoms with Gasteiger partial charge in [-0.2, -0.15) is 0 Å². The van der Waals surface area contributed by atoms with Gasteiger partial charge >= 0.3 is 0 Å². The minimum absolute atomic E-state index is 0.0706. The third kappa shape index (κ3) is 2.08. The summed E-state index contributed by atoms with van der Waals surface area (Å²) in [7, 11) is 0. The Kier molecular flexibility index (Phi) is 2.65. The van der Waals surface area contributed by atoms with Crippen LogP contribution in [0.2, 0.25) is 0 Å². The fourth-order valence-corrected chi connectivity index (χ4v) is 2.46. The zero-order chi connectivity index (χ0) is 11.7. The maximum Gasteiger partial charge on any atom is 0.269 e. The van der Waals surface area contributed by atoms with Gasteiger partial charge in [0.1, 0.15) is 5.82 Å². The molecule has 2 heterocycles. The molecule has 1 aliphatic carbocycles. The standard InChI is InChI=1S/C13H12N2OS/c16-13(11-4-3-9-17-11)15(10-6-7-10)12-5-1-2-8-14-12/h1-5,8-10H,6-7H2. The van der Waals surface area contributed by atoms with Gasteiger partial charge in [0.15, 0.2) is 0 Å². The summed E-state index contributed by atoms with van der Waals surface area (Å²) in [5.74, 6) is 0.828. The van der Waals surface area contributed by atoms with Crippen molar-refractivity contribution >= 4 is 23.1 Å². The van der Waals surface area contributed by atoms with Gasteiger partial charge in [-0.3, -0.25) is 9.69 Å². The molecule has 2 aromatic heterocycles. The molecule has 0 N–H and O–H groups in total. The lowest BCUT2D eigenvalue weighted by Crippen LogP contribution is -2.33. The minimum Gasteiger partial charge on any atom is -0.289 e. The minimum atomic E-state index is 0.0706. The predicted molar refractivity (Wildman–Crippen MR) is 68.4 cm³/mol. The van der Waals surface area contributed by atoms with Gasteiger partial charge in [0.2, 0.25) is 0 Å². The molecule has 0 saturated heterocycles. The van der Waals surface area contributed by atoms with Crippen molar-refractivity contribution < 1.29 is 4.79 Å². The van der Waals surface area contributed by atoms with E-state index in [1.54, 1.807) is 6.20 Å². The number of carbonyl (C=O) groups excluding carboxylic acids is 1. The number of rotatable bonds is 3. The van der Waals surface area contributed by atoms with E-state index in [0.29, 0.717) is 6.04 Å². The van der Waals surface area contributed by atoms with Crippen LogP contribution < -0.4 is 4.90 Å². The SMILES string of the molecule is O=C(c1cccs1)N(c1ccccn1)C1CC1. The Morgan fingerprint density at radius 3 is 2.76 bits per heavy atom. The lowest BCUT2D eigenvalue weighted by molar-refractivity contribution is 0.0988. The quantitative estimate of drug-likeness (QED) is 0.831. The maximum atomic E-state index is 12.4. The van der Waals surface area contributed by atoms with Gasteiger partial charge in [0, 0.05) is 12.2 Å². The van der Waals surface area contributed by atoms with Gasteiger partial charge in [-0.15, -0.1) is 11.3 Å². The zero-order valence-corrected chi connectivity index (χ0v) is 10.1. The number of hydrogen-bond acceptors (Lipinski definition) is 3. The Labute approximate surface area is 104 Å². The average molecular weight is 244 g/mol. The van der Waals surface area contributed by atoms with Crippen LogP contribution in [0.3, 0.4) is 0 Å². The second-order valence-electron chi connectivity index (χ2n) is 4.07. The number of hydrogen-bond donors (Lipinski definition) is 0. The molecule has 1 saturated carbocycles. The Morgan fingerprint density at radius 2 is 2.18 bits per heavy atom. The van der Waals surface area contributed by atoms with E-state index >= 15 is 0 Å². The lowest BCUT2D eigenvalue weighted by Gasteiger charge is -2.20. The Bertz CT molecular complexity index is 505. The molecule has 1 fully saturated rings. The van der Waals surface area contributed by atoms with Crippen molar-refractivity contribution in [3.05, 3.63) is 46.8 Å². The summed E-state index contributed by atoms with van der Waals surface area (Å²) in [4.78, 5) is 19.3. The molecule has 0 bridgehead atoms. The number of carbonyl (C=O) groups is 1. The van der Waals surface area contributed by atoms with Crippen molar-refractivity contribution in [3.8, 4) is 0 Å². The van der Waals surface area contributed by atoms with E-state index in [1.165, 1.54) is 11.3 Å². The second kappa shape index (κ2) is 4.30. The molecular formula is C13H12N2OS. The van der Waals surface area contributed by atoms with Crippen LogP contribution in [0.25, 0.3) is 0 Å². The third-order valence-electron chi connectivity index (χ3n) is 2.76. The molecular weight excluding hydrogens is 232 g/mol. The monoisotopic (exact) mass is 244 g/mol. The van der Waals surface area contributed by atoms with Crippen LogP contribution in [0.5, 0.6) is 0 Å². The molecule has 0 atom stereocenters. The zero-order valence-electron chi connectivity index (χ0n) is 9.24. The average Bonchev–Trinajstić information content (AvgIpc) is 3.04. The highest BCUT2D eigenvalue weighted by molar-refractivity contribution is 7.12. The number of aromatic nitrogens is 1. The summed E-state index contributed by atoms with van der Waals surface area (Å²) in [5, 5.41) is 1.93. The van der Waals surface area contributed by atoms with Crippen molar-refractivity contribution in [1.29, 1.82) is 0 Å². The van der Waals surface area contributed by atoms with Gasteiger partial charge in [-0.25, -0.2) is 4.98 Å². The van der Waals surface area contributed by atoms with Crippen LogP contribution in [0.15, 0.2) is 41.9 Å². The first kappa shape index (κ1) is 10.5. The van der Waals surface area contributed by atoms with Crippen molar-refractivity contribution in [1.82, 2.24) is 4.98 Å². The van der Waals surface area contributed by atoms with E-state index < -0.39 is 0 Å². The molecule has 0 radical (unpaired) electrons. The van der Waals surface area contributed by atoms with Crippen molar-refractivity contribution in [2.75, 3.05) is 4.90 Å². The summed E-state index contributed by atoms with van der Waals surface area (Å²) >= 11 is 1.48. The predicted octanol–water partition coefficient (Wildman–Crippen LogP) is 2.95. The van der Waals surface area contributed by atoms with Crippen LogP contribution in [-0.2, 0) is 0 Å². The van der Waals surface area contributed by atoms with Crippen molar-refractivity contribution in [3.63, 3.8) is 0 Å². The van der Waals surface area contributed by atoms with E-state index in [-0.39, 0.29) is 5.91 Å². The van der Waals surface area contributed by atoms with Crippen LogP contribution >= 0.6 is 11.3 Å². The van der Waals surface area contributed by atoms with Crippen molar-refractivity contribution in [2.45, 2.75) is 18.9 Å². The summed E-state index contributed by atoms with van der Waals surface area (Å²) in [6.07, 6.45) is 3.88. The fraction of sp³-hybridized carbons (Fsp3) is 0.231. The van der Waals surface area contributed by atoms with Gasteiger partial charge in [-0.05, 0) is 36.4 Å². The molecule has 4 heteroatoms. The maximum absolute atomic E-state index is 12.4. The molecule has 86 valence electrons. The highest BCUT2D eigenvalue weighted by Crippen LogP contribution is 2.32. The van der Waals surface area contributed by atoms with Gasteiger partial charge in [0.05, 0.1) is 4.88 Å². The van der Waals surface area contributed by atoms with Gasteiger partial charge < -0.3 is 0 Å². The van der Waals surface area contributed by atoms with E-state index in [0.717, 1.165) is 23.5 Å². The summed E-state index contributed by atoms with van der Waals surface area (Å²) in [5.41, 5.74) is 0. The normalized spacial score (nSPS) is 14.6. The van der Waals surface area contributed by atoms with E-state index in [9.17, 15) is 4.79 Å². The van der Waals surface area contributed by atoms with Crippen LogP contribution in [0.4, 0.5) is 5.82 Å². The first-order valence-electron chi connectivity index (χ1n) is 5.64. The summed E-state index contributed by atoms with van der Waals surface area (Å²) in [6, 6.07) is 9.78. The summed E-state index contributed by atoms with van der Waals surface area (Å²) < 4.78 is 0. The molecule has 0 unspecified atom stereocenters. The summed E-state index contributed by atoms with van der Waals surface area (Å²) in [6.45, 7) is 0. The van der Waals surface area contributed by atoms with E-state index in [1.807, 2.05) is 40.6 Å². The smallest absolute Gasteiger partial charge is 0.269 e. The molecule has 17 heavy (non-hydrogen) atoms. The van der Waals surface area contributed by atoms with E-state index in [4.69, 9.17) is 0 Å². The van der Waals surface area contributed by atoms with Gasteiger partial charge in [0.25, 0.3) is 5.91 Å². The number of nitrogens with zero attached hydrogens (tertiary/aromatic N) is 2. The number of amides is 1. The largest absolute Gasteiger partial charge is 0.289 e. The number of pyridine rings is 1. The van der Waals surface area contributed by atoms with E-state index in [2.05, 4.69) is 4.98 Å². The van der Waals surface area contributed by atoms with Gasteiger partial charge in [-0.1, -0.05) is 12.1 Å². The number of anilines is 1. The first-order valence-corrected chi connectivity index (χ1v) is 6.52. The molecule has 0 aromatic carbocycles. The fourth-order valence-electron chi connectivity index (χ4n) is 1.80. The third-order valence-corrected chi connectivity index (χ3v) is 3.62. The molecule has 2 aromatic rings. The topological polar surface area (TPSA) is 33.2 Å². The van der Waals surface area contributed by atoms with Crippen LogP contribution in [0, 0.1) is 0 Å². The Hall–Kier alpha value is -1.68. The molecule has 3 rings (SSSR count). The highest BCUT2D eigenvalue weighted by atomic mass is 32.1. The molecule has 0 spiro atoms. The number of thiophene rings is 1. The Balaban J connectivity index is 1.93. The highest BCUT2D eigenvalue weighted by Gasteiger charge is 2.35. The molecule has 1 amide bonds. The van der Waals surface area contributed by atoms with Crippen LogP contribution in [0.1, 0.15) is 22.5 Å². The first-order chi connectivity index (χ1) is 8.36. The molecule has 3 nitrogen and oxygen atoms in total. The second-order valence-corrected chi connectivity index (χ2v) is 5.02. The molecule has 1 aliphatic rings. The van der Waals surface area contributed by atoms with Crippen LogP contribution in [-0.4, -0.2) is 16.9 Å².